The zero-order chi connectivity index (χ0) is 44.5. The maximum atomic E-state index is 13.8. The molecule has 340 valence electrons. The van der Waals surface area contributed by atoms with Crippen molar-refractivity contribution in [3.63, 3.8) is 0 Å². The highest BCUT2D eigenvalue weighted by Gasteiger charge is 2.72. The summed E-state index contributed by atoms with van der Waals surface area (Å²) < 4.78 is 9.03. The third-order valence-corrected chi connectivity index (χ3v) is 21.0. The number of fused-ring (bicyclic) bond motifs is 8. The van der Waals surface area contributed by atoms with E-state index in [9.17, 15) is 14.7 Å². The molecule has 1 aliphatic heterocycles. The lowest BCUT2D eigenvalue weighted by atomic mass is 9.32. The molecule has 1 aromatic carbocycles. The van der Waals surface area contributed by atoms with Gasteiger partial charge in [-0.25, -0.2) is 4.98 Å². The first kappa shape index (κ1) is 44.1. The molecule has 7 fully saturated rings. The molecular formula is C54H80N4O4. The van der Waals surface area contributed by atoms with E-state index in [1.807, 2.05) is 13.8 Å². The summed E-state index contributed by atoms with van der Waals surface area (Å²) in [5, 5.41) is 9.74. The van der Waals surface area contributed by atoms with E-state index in [0.717, 1.165) is 44.4 Å². The molecule has 0 bridgehead atoms. The third-order valence-electron chi connectivity index (χ3n) is 21.0. The monoisotopic (exact) mass is 849 g/mol. The zero-order valence-electron chi connectivity index (χ0n) is 40.2. The summed E-state index contributed by atoms with van der Waals surface area (Å²) in [6.45, 7) is 32.0. The van der Waals surface area contributed by atoms with Crippen LogP contribution in [-0.4, -0.2) is 69.7 Å². The highest BCUT2D eigenvalue weighted by Crippen LogP contribution is 2.78. The molecule has 62 heavy (non-hydrogen) atoms. The lowest BCUT2D eigenvalue weighted by Gasteiger charge is -2.73. The van der Waals surface area contributed by atoms with Gasteiger partial charge in [-0.1, -0.05) is 79.3 Å². The van der Waals surface area contributed by atoms with Crippen molar-refractivity contribution in [2.75, 3.05) is 27.2 Å². The molecule has 8 heteroatoms. The van der Waals surface area contributed by atoms with E-state index in [1.165, 1.54) is 80.4 Å². The summed E-state index contributed by atoms with van der Waals surface area (Å²) in [5.74, 6) is 2.17. The zero-order valence-corrected chi connectivity index (χ0v) is 40.2. The van der Waals surface area contributed by atoms with Crippen molar-refractivity contribution in [2.45, 2.75) is 158 Å². The second-order valence-electron chi connectivity index (χ2n) is 24.3. The number of likely N-dealkylation sites (N-methyl/N-ethyl adjacent to an activating group) is 1. The molecule has 1 N–H and O–H groups in total. The Morgan fingerprint density at radius 3 is 2.29 bits per heavy atom. The van der Waals surface area contributed by atoms with Gasteiger partial charge < -0.3 is 24.2 Å². The Morgan fingerprint density at radius 2 is 1.60 bits per heavy atom. The third kappa shape index (κ3) is 6.15. The fraction of sp³-hybridized carbons (Fsp3) is 0.759. The lowest BCUT2D eigenvalue weighted by molar-refractivity contribution is -0.250. The van der Waals surface area contributed by atoms with E-state index in [2.05, 4.69) is 94.3 Å². The number of carbonyl (C=O) groups is 2. The van der Waals surface area contributed by atoms with Crippen LogP contribution in [0, 0.1) is 73.9 Å². The minimum Gasteiger partial charge on any atom is -0.481 e. The number of hydrogen-bond donors (Lipinski definition) is 1. The Bertz CT molecular complexity index is 2140. The normalized spacial score (nSPS) is 41.7. The number of ether oxygens (including phenoxy) is 1. The number of benzene rings is 1. The first-order valence-electron chi connectivity index (χ1n) is 24.8. The highest BCUT2D eigenvalue weighted by molar-refractivity contribution is 5.81. The molecule has 6 aliphatic carbocycles. The van der Waals surface area contributed by atoms with Crippen LogP contribution in [0.4, 0.5) is 0 Å². The van der Waals surface area contributed by atoms with Crippen LogP contribution < -0.4 is 0 Å². The topological polar surface area (TPSA) is 87.9 Å². The number of carboxylic acids is 1. The number of carbonyl (C=O) groups excluding carboxylic acids is 1. The van der Waals surface area contributed by atoms with Crippen LogP contribution in [0.15, 0.2) is 48.7 Å². The molecule has 0 unspecified atom stereocenters. The first-order chi connectivity index (χ1) is 29.1. The van der Waals surface area contributed by atoms with Gasteiger partial charge in [0.15, 0.2) is 0 Å². The Morgan fingerprint density at radius 1 is 0.855 bits per heavy atom. The Labute approximate surface area is 373 Å². The highest BCUT2D eigenvalue weighted by atomic mass is 16.5. The van der Waals surface area contributed by atoms with Crippen LogP contribution in [-0.2, 0) is 20.9 Å². The number of rotatable bonds is 10. The number of hydrogen-bond acceptors (Lipinski definition) is 6. The molecule has 2 aromatic rings. The number of aliphatic carboxylic acids is 1. The molecule has 1 saturated heterocycles. The number of likely N-dealkylation sites (tertiary alicyclic amines) is 1. The Kier molecular flexibility index (Phi) is 10.6. The number of nitrogens with zero attached hydrogens (tertiary/aromatic N) is 4. The molecule has 6 saturated carbocycles. The molecule has 0 spiro atoms. The SMILES string of the molecule is C=C(C)[C@@H]1CC[C@]2(C(=C)N3CCC[C@H]3c3nc4ccccc4n3CCN(C)C)CC[C@]3(C)[C@H](CC[C@@H]4[C@@]5(C)CC[C@H](OC(=O)[C@H]6C[C@@H](C(=O)O)C6(C)C)C(C)(C)[C@@H]5CC[C@]43C)[C@@H]12. The van der Waals surface area contributed by atoms with Crippen LogP contribution in [0.5, 0.6) is 0 Å². The van der Waals surface area contributed by atoms with Gasteiger partial charge in [-0.3, -0.25) is 9.59 Å². The van der Waals surface area contributed by atoms with Gasteiger partial charge in [0.05, 0.1) is 28.9 Å². The summed E-state index contributed by atoms with van der Waals surface area (Å²) >= 11 is 0. The first-order valence-corrected chi connectivity index (χ1v) is 24.8. The van der Waals surface area contributed by atoms with Crippen LogP contribution >= 0.6 is 0 Å². The molecule has 7 aliphatic rings. The fourth-order valence-corrected chi connectivity index (χ4v) is 17.3. The number of para-hydroxylation sites is 2. The minimum atomic E-state index is -0.803. The molecule has 0 radical (unpaired) electrons. The molecule has 1 aromatic heterocycles. The lowest BCUT2D eigenvalue weighted by Crippen LogP contribution is -2.67. The van der Waals surface area contributed by atoms with E-state index in [1.54, 1.807) is 0 Å². The van der Waals surface area contributed by atoms with E-state index >= 15 is 0 Å². The molecule has 9 rings (SSSR count). The number of carboxylic acid groups (broad SMARTS) is 1. The average molecular weight is 849 g/mol. The number of allylic oxidation sites excluding steroid dienone is 2. The summed E-state index contributed by atoms with van der Waals surface area (Å²) in [7, 11) is 4.33. The smallest absolute Gasteiger partial charge is 0.309 e. The van der Waals surface area contributed by atoms with Crippen LogP contribution in [0.25, 0.3) is 11.0 Å². The van der Waals surface area contributed by atoms with Crippen molar-refractivity contribution < 1.29 is 19.4 Å². The number of imidazole rings is 1. The average Bonchev–Trinajstić information content (AvgIpc) is 3.94. The van der Waals surface area contributed by atoms with Crippen molar-refractivity contribution in [2.24, 2.45) is 73.9 Å². The van der Waals surface area contributed by atoms with Gasteiger partial charge in [-0.15, -0.1) is 0 Å². The van der Waals surface area contributed by atoms with Crippen LogP contribution in [0.2, 0.25) is 0 Å². The van der Waals surface area contributed by atoms with Gasteiger partial charge in [-0.05, 0) is 168 Å². The maximum Gasteiger partial charge on any atom is 0.309 e. The van der Waals surface area contributed by atoms with E-state index in [0.29, 0.717) is 36.0 Å². The summed E-state index contributed by atoms with van der Waals surface area (Å²) in [5.41, 5.74) is 5.06. The van der Waals surface area contributed by atoms with Crippen molar-refractivity contribution in [1.29, 1.82) is 0 Å². The number of aromatic nitrogens is 2. The standard InChI is InChI=1S/C54H80N4O4/c1-33(2)35-21-26-54(34(3)57-29-15-18-41(57)46-55-39-16-13-14-17-40(39)58(46)31-30-56(11)12)28-27-52(9)36(45(35)54)19-20-43-51(8)24-23-44(50(6,7)42(51)22-25-53(43,52)10)62-48(61)38-32-37(47(59)60)49(38,4)5/h13-14,16-17,35-38,41-45H,1,3,15,18-32H2,2,4-12H3,(H,59,60)/t35-,36+,37-,38+,41-,42-,43+,44-,45+,51-,52+,53+,54+/m0/s1. The van der Waals surface area contributed by atoms with Crippen LogP contribution in [0.3, 0.4) is 0 Å². The second kappa shape index (κ2) is 15.0. The van der Waals surface area contributed by atoms with Gasteiger partial charge in [-0.2, -0.15) is 0 Å². The predicted octanol–water partition coefficient (Wildman–Crippen LogP) is 11.6. The Hall–Kier alpha value is -3.13. The van der Waals surface area contributed by atoms with Crippen molar-refractivity contribution >= 4 is 23.0 Å². The van der Waals surface area contributed by atoms with Gasteiger partial charge >= 0.3 is 11.9 Å². The van der Waals surface area contributed by atoms with Crippen LogP contribution in [0.1, 0.15) is 151 Å². The van der Waals surface area contributed by atoms with Crippen molar-refractivity contribution in [3.8, 4) is 0 Å². The number of esters is 1. The van der Waals surface area contributed by atoms with E-state index in [4.69, 9.17) is 22.9 Å². The van der Waals surface area contributed by atoms with Gasteiger partial charge in [0.25, 0.3) is 0 Å². The fourth-order valence-electron chi connectivity index (χ4n) is 17.3. The quantitative estimate of drug-likeness (QED) is 0.188. The molecular weight excluding hydrogens is 769 g/mol. The van der Waals surface area contributed by atoms with Gasteiger partial charge in [0.2, 0.25) is 0 Å². The molecule has 13 atom stereocenters. The summed E-state index contributed by atoms with van der Waals surface area (Å²) in [6, 6.07) is 8.97. The van der Waals surface area contributed by atoms with E-state index in [-0.39, 0.29) is 51.1 Å². The van der Waals surface area contributed by atoms with Gasteiger partial charge in [0, 0.05) is 36.2 Å². The molecule has 0 amide bonds. The van der Waals surface area contributed by atoms with Gasteiger partial charge in [0.1, 0.15) is 11.9 Å². The van der Waals surface area contributed by atoms with E-state index < -0.39 is 17.3 Å². The van der Waals surface area contributed by atoms with Crippen molar-refractivity contribution in [3.05, 3.63) is 54.5 Å². The maximum absolute atomic E-state index is 13.8. The summed E-state index contributed by atoms with van der Waals surface area (Å²) in [4.78, 5) is 36.1. The molecule has 8 nitrogen and oxygen atoms in total. The van der Waals surface area contributed by atoms with Crippen molar-refractivity contribution in [1.82, 2.24) is 19.4 Å². The summed E-state index contributed by atoms with van der Waals surface area (Å²) in [6.07, 6.45) is 14.3. The minimum absolute atomic E-state index is 0.0740. The predicted molar refractivity (Wildman–Crippen MR) is 248 cm³/mol. The molecule has 2 heterocycles. The largest absolute Gasteiger partial charge is 0.481 e. The second-order valence-corrected chi connectivity index (χ2v) is 24.3. The Balaban J connectivity index is 0.986.